The van der Waals surface area contributed by atoms with E-state index in [0.29, 0.717) is 19.3 Å². The Labute approximate surface area is 282 Å². The number of hydrogen-bond acceptors (Lipinski definition) is 7. The van der Waals surface area contributed by atoms with E-state index >= 15 is 0 Å². The lowest BCUT2D eigenvalue weighted by Gasteiger charge is -2.37. The summed E-state index contributed by atoms with van der Waals surface area (Å²) in [7, 11) is 0. The van der Waals surface area contributed by atoms with Crippen LogP contribution in [-0.2, 0) is 28.6 Å². The number of unbranched alkanes of at least 4 members (excludes halogenated alkanes) is 18. The molecule has 0 fully saturated rings. The molecule has 0 aromatic carbocycles. The minimum absolute atomic E-state index is 0.303. The first kappa shape index (κ1) is 43.6. The number of carbonyl (C=O) groups is 3. The fourth-order valence-corrected chi connectivity index (χ4v) is 5.61. The van der Waals surface area contributed by atoms with Gasteiger partial charge in [-0.05, 0) is 78.6 Å². The Kier molecular flexibility index (Phi) is 29.6. The predicted molar refractivity (Wildman–Crippen MR) is 190 cm³/mol. The molecule has 0 spiro atoms. The molecule has 0 rings (SSSR count). The number of allylic oxidation sites excluding steroid dienone is 3. The van der Waals surface area contributed by atoms with Crippen LogP contribution < -0.4 is 0 Å². The summed E-state index contributed by atoms with van der Waals surface area (Å²) in [6.45, 7) is 16.5. The highest BCUT2D eigenvalue weighted by Crippen LogP contribution is 2.19. The van der Waals surface area contributed by atoms with E-state index in [-0.39, 0.29) is 17.9 Å². The first-order chi connectivity index (χ1) is 22.3. The van der Waals surface area contributed by atoms with Gasteiger partial charge in [0.2, 0.25) is 0 Å². The van der Waals surface area contributed by atoms with Gasteiger partial charge in [-0.15, -0.1) is 19.7 Å². The van der Waals surface area contributed by atoms with E-state index in [2.05, 4.69) is 19.7 Å². The first-order valence-corrected chi connectivity index (χ1v) is 18.4. The van der Waals surface area contributed by atoms with Gasteiger partial charge >= 0.3 is 17.9 Å². The maximum Gasteiger partial charge on any atom is 0.307 e. The Balaban J connectivity index is 4.87. The van der Waals surface area contributed by atoms with Crippen molar-refractivity contribution in [1.82, 2.24) is 4.90 Å². The highest BCUT2D eigenvalue weighted by molar-refractivity contribution is 5.70. The fraction of sp³-hybridized carbons (Fsp3) is 0.769. The van der Waals surface area contributed by atoms with Gasteiger partial charge in [0.05, 0.1) is 0 Å². The number of nitrogens with zero attached hydrogens (tertiary/aromatic N) is 1. The van der Waals surface area contributed by atoms with E-state index in [0.717, 1.165) is 116 Å². The molecule has 46 heavy (non-hydrogen) atoms. The van der Waals surface area contributed by atoms with Gasteiger partial charge in [0.25, 0.3) is 0 Å². The molecule has 0 saturated carbocycles. The SMILES string of the molecule is C=CCCCCCCCCC(=O)OC(C)N(C(C)OC(=O)CCCCCCCCC=C)C(C)OC(=O)CCCCCCCCC=C. The normalized spacial score (nSPS) is 13.0. The Morgan fingerprint density at radius 1 is 0.435 bits per heavy atom. The number of carbonyl (C=O) groups excluding carboxylic acids is 3. The van der Waals surface area contributed by atoms with Crippen molar-refractivity contribution in [3.05, 3.63) is 38.0 Å². The second-order valence-electron chi connectivity index (χ2n) is 12.6. The van der Waals surface area contributed by atoms with Crippen molar-refractivity contribution in [3.63, 3.8) is 0 Å². The van der Waals surface area contributed by atoms with Crippen LogP contribution in [0.2, 0.25) is 0 Å². The van der Waals surface area contributed by atoms with E-state index in [4.69, 9.17) is 14.2 Å². The summed E-state index contributed by atoms with van der Waals surface area (Å²) < 4.78 is 17.3. The summed E-state index contributed by atoms with van der Waals surface area (Å²) in [6, 6.07) is 0. The molecule has 0 aliphatic carbocycles. The average Bonchev–Trinajstić information content (AvgIpc) is 3.01. The molecule has 0 aromatic rings. The summed E-state index contributed by atoms with van der Waals surface area (Å²) >= 11 is 0. The van der Waals surface area contributed by atoms with Gasteiger partial charge in [-0.1, -0.05) is 95.3 Å². The Morgan fingerprint density at radius 2 is 0.652 bits per heavy atom. The second kappa shape index (κ2) is 31.2. The number of esters is 3. The quantitative estimate of drug-likeness (QED) is 0.0230. The lowest BCUT2D eigenvalue weighted by molar-refractivity contribution is -0.212. The Hall–Kier alpha value is -2.41. The van der Waals surface area contributed by atoms with Gasteiger partial charge in [0.15, 0.2) is 18.7 Å². The molecular weight excluding hydrogens is 578 g/mol. The predicted octanol–water partition coefficient (Wildman–Crippen LogP) is 10.9. The molecule has 0 radical (unpaired) electrons. The van der Waals surface area contributed by atoms with Crippen LogP contribution in [0, 0.1) is 0 Å². The van der Waals surface area contributed by atoms with Crippen LogP contribution in [0.5, 0.6) is 0 Å². The van der Waals surface area contributed by atoms with Gasteiger partial charge in [-0.2, -0.15) is 4.90 Å². The minimum atomic E-state index is -0.733. The third-order valence-electron chi connectivity index (χ3n) is 8.28. The van der Waals surface area contributed by atoms with E-state index < -0.39 is 18.7 Å². The summed E-state index contributed by atoms with van der Waals surface area (Å²) in [5, 5.41) is 0. The lowest BCUT2D eigenvalue weighted by atomic mass is 10.1. The fourth-order valence-electron chi connectivity index (χ4n) is 5.61. The molecule has 0 aliphatic rings. The van der Waals surface area contributed by atoms with E-state index in [9.17, 15) is 14.4 Å². The van der Waals surface area contributed by atoms with Crippen LogP contribution in [0.25, 0.3) is 0 Å². The molecule has 7 nitrogen and oxygen atoms in total. The molecule has 266 valence electrons. The maximum absolute atomic E-state index is 12.7. The van der Waals surface area contributed by atoms with Crippen LogP contribution in [-0.4, -0.2) is 41.5 Å². The minimum Gasteiger partial charge on any atom is -0.446 e. The highest BCUT2D eigenvalue weighted by atomic mass is 16.6. The Morgan fingerprint density at radius 3 is 0.891 bits per heavy atom. The molecular formula is C39H69NO6. The van der Waals surface area contributed by atoms with Crippen LogP contribution in [0.1, 0.15) is 175 Å². The van der Waals surface area contributed by atoms with Crippen molar-refractivity contribution in [2.75, 3.05) is 0 Å². The molecule has 0 amide bonds. The zero-order valence-electron chi connectivity index (χ0n) is 30.0. The standard InChI is InChI=1S/C39H69NO6/c1-7-10-13-16-19-22-25-28-31-37(41)44-34(4)40(35(5)45-38(42)32-29-26-23-20-17-14-11-8-2)36(6)46-39(43)33-30-27-24-21-18-15-12-9-3/h7-9,34-36H,1-3,10-33H2,4-6H3. The molecule has 0 aliphatic heterocycles. The molecule has 0 saturated heterocycles. The van der Waals surface area contributed by atoms with Crippen molar-refractivity contribution in [2.24, 2.45) is 0 Å². The van der Waals surface area contributed by atoms with Crippen molar-refractivity contribution in [2.45, 2.75) is 194 Å². The molecule has 0 heterocycles. The zero-order valence-corrected chi connectivity index (χ0v) is 30.0. The van der Waals surface area contributed by atoms with Crippen molar-refractivity contribution < 1.29 is 28.6 Å². The van der Waals surface area contributed by atoms with Crippen LogP contribution in [0.4, 0.5) is 0 Å². The van der Waals surface area contributed by atoms with Gasteiger partial charge in [-0.3, -0.25) is 14.4 Å². The number of ether oxygens (including phenoxy) is 3. The molecule has 7 heteroatoms. The smallest absolute Gasteiger partial charge is 0.307 e. The number of rotatable bonds is 33. The monoisotopic (exact) mass is 648 g/mol. The third kappa shape index (κ3) is 25.7. The van der Waals surface area contributed by atoms with Crippen molar-refractivity contribution >= 4 is 17.9 Å². The summed E-state index contributed by atoms with van der Waals surface area (Å²) in [4.78, 5) is 39.8. The van der Waals surface area contributed by atoms with Gasteiger partial charge in [-0.25, -0.2) is 0 Å². The average molecular weight is 648 g/mol. The van der Waals surface area contributed by atoms with Crippen LogP contribution in [0.15, 0.2) is 38.0 Å². The van der Waals surface area contributed by atoms with E-state index in [1.807, 2.05) is 18.2 Å². The number of hydrogen-bond donors (Lipinski definition) is 0. The molecule has 3 unspecified atom stereocenters. The molecule has 0 bridgehead atoms. The van der Waals surface area contributed by atoms with Crippen LogP contribution >= 0.6 is 0 Å². The van der Waals surface area contributed by atoms with Gasteiger partial charge in [0.1, 0.15) is 0 Å². The van der Waals surface area contributed by atoms with E-state index in [1.54, 1.807) is 25.7 Å². The topological polar surface area (TPSA) is 82.1 Å². The van der Waals surface area contributed by atoms with Crippen LogP contribution in [0.3, 0.4) is 0 Å². The van der Waals surface area contributed by atoms with E-state index in [1.165, 1.54) is 19.3 Å². The summed E-state index contributed by atoms with van der Waals surface area (Å²) in [6.07, 6.45) is 26.8. The van der Waals surface area contributed by atoms with Crippen molar-refractivity contribution in [1.29, 1.82) is 0 Å². The zero-order chi connectivity index (χ0) is 34.3. The summed E-state index contributed by atoms with van der Waals surface area (Å²) in [5.74, 6) is -0.910. The highest BCUT2D eigenvalue weighted by Gasteiger charge is 2.32. The van der Waals surface area contributed by atoms with Gasteiger partial charge in [0, 0.05) is 19.3 Å². The first-order valence-electron chi connectivity index (χ1n) is 18.4. The summed E-state index contributed by atoms with van der Waals surface area (Å²) in [5.41, 5.74) is 0. The largest absolute Gasteiger partial charge is 0.446 e. The molecule has 0 aromatic heterocycles. The van der Waals surface area contributed by atoms with Crippen molar-refractivity contribution in [3.8, 4) is 0 Å². The maximum atomic E-state index is 12.7. The molecule has 3 atom stereocenters. The lowest BCUT2D eigenvalue weighted by Crippen LogP contribution is -2.51. The Bertz CT molecular complexity index is 708. The van der Waals surface area contributed by atoms with Gasteiger partial charge < -0.3 is 14.2 Å². The third-order valence-corrected chi connectivity index (χ3v) is 8.28. The molecule has 0 N–H and O–H groups in total. The second-order valence-corrected chi connectivity index (χ2v) is 12.6.